The summed E-state index contributed by atoms with van der Waals surface area (Å²) in [7, 11) is 0. The Bertz CT molecular complexity index is 1210. The van der Waals surface area contributed by atoms with E-state index in [0.29, 0.717) is 6.42 Å². The van der Waals surface area contributed by atoms with Crippen molar-refractivity contribution >= 4 is 18.0 Å². The van der Waals surface area contributed by atoms with E-state index in [9.17, 15) is 19.5 Å². The van der Waals surface area contributed by atoms with Gasteiger partial charge in [-0.2, -0.15) is 0 Å². The van der Waals surface area contributed by atoms with Gasteiger partial charge in [-0.25, -0.2) is 4.79 Å². The zero-order chi connectivity index (χ0) is 26.9. The summed E-state index contributed by atoms with van der Waals surface area (Å²) in [5.41, 5.74) is 5.40. The molecule has 2 N–H and O–H groups in total. The second kappa shape index (κ2) is 12.9. The predicted octanol–water partition coefficient (Wildman–Crippen LogP) is 5.59. The van der Waals surface area contributed by atoms with Crippen molar-refractivity contribution in [3.8, 4) is 11.1 Å². The topological polar surface area (TPSA) is 95.9 Å². The number of carboxylic acids is 1. The van der Waals surface area contributed by atoms with Gasteiger partial charge < -0.3 is 20.1 Å². The number of hydrogen-bond acceptors (Lipinski definition) is 4. The molecule has 2 amide bonds. The zero-order valence-electron chi connectivity index (χ0n) is 21.6. The van der Waals surface area contributed by atoms with Gasteiger partial charge in [-0.05, 0) is 34.2 Å². The van der Waals surface area contributed by atoms with E-state index in [1.165, 1.54) is 4.90 Å². The average molecular weight is 515 g/mol. The van der Waals surface area contributed by atoms with Gasteiger partial charge in [0.25, 0.3) is 0 Å². The highest BCUT2D eigenvalue weighted by atomic mass is 16.5. The molecule has 3 aromatic rings. The summed E-state index contributed by atoms with van der Waals surface area (Å²) in [5, 5.41) is 12.0. The van der Waals surface area contributed by atoms with Crippen molar-refractivity contribution in [2.45, 2.75) is 51.1 Å². The Morgan fingerprint density at radius 1 is 0.921 bits per heavy atom. The minimum absolute atomic E-state index is 0.0536. The van der Waals surface area contributed by atoms with E-state index in [-0.39, 0.29) is 37.9 Å². The summed E-state index contributed by atoms with van der Waals surface area (Å²) >= 11 is 0. The molecule has 7 heteroatoms. The lowest BCUT2D eigenvalue weighted by molar-refractivity contribution is -0.139. The first-order valence-corrected chi connectivity index (χ1v) is 13.1. The highest BCUT2D eigenvalue weighted by Gasteiger charge is 2.30. The summed E-state index contributed by atoms with van der Waals surface area (Å²) in [5.74, 6) is -1.37. The number of rotatable bonds is 12. The summed E-state index contributed by atoms with van der Waals surface area (Å²) in [6.45, 7) is 2.49. The van der Waals surface area contributed by atoms with Gasteiger partial charge in [0.05, 0.1) is 6.42 Å². The minimum Gasteiger partial charge on any atom is -0.481 e. The molecule has 0 heterocycles. The molecule has 0 aromatic heterocycles. The average Bonchev–Trinajstić information content (AvgIpc) is 3.26. The molecule has 198 valence electrons. The van der Waals surface area contributed by atoms with E-state index in [1.807, 2.05) is 61.5 Å². The summed E-state index contributed by atoms with van der Waals surface area (Å²) in [4.78, 5) is 39.3. The van der Waals surface area contributed by atoms with E-state index in [4.69, 9.17) is 4.74 Å². The van der Waals surface area contributed by atoms with Crippen LogP contribution in [0.1, 0.15) is 55.2 Å². The molecule has 1 aliphatic rings. The lowest BCUT2D eigenvalue weighted by Crippen LogP contribution is -2.49. The second-order valence-electron chi connectivity index (χ2n) is 9.55. The number of fused-ring (bicyclic) bond motifs is 3. The third kappa shape index (κ3) is 6.59. The molecule has 0 aliphatic heterocycles. The monoisotopic (exact) mass is 514 g/mol. The highest BCUT2D eigenvalue weighted by molar-refractivity contribution is 5.86. The van der Waals surface area contributed by atoms with Gasteiger partial charge in [0.15, 0.2) is 0 Å². The Hall–Kier alpha value is -4.13. The molecular formula is C31H34N2O5. The van der Waals surface area contributed by atoms with E-state index in [2.05, 4.69) is 29.6 Å². The number of benzene rings is 3. The van der Waals surface area contributed by atoms with Crippen molar-refractivity contribution in [3.63, 3.8) is 0 Å². The number of alkyl carbamates (subject to hydrolysis) is 1. The van der Waals surface area contributed by atoms with E-state index >= 15 is 0 Å². The van der Waals surface area contributed by atoms with Gasteiger partial charge in [-0.1, -0.05) is 98.6 Å². The number of ether oxygens (including phenoxy) is 1. The Labute approximate surface area is 223 Å². The number of carbonyl (C=O) groups excluding carboxylic acids is 2. The maximum atomic E-state index is 13.6. The number of carbonyl (C=O) groups is 3. The fourth-order valence-corrected chi connectivity index (χ4v) is 4.97. The number of aliphatic carboxylic acids is 1. The van der Waals surface area contributed by atoms with Crippen LogP contribution in [0.25, 0.3) is 11.1 Å². The third-order valence-electron chi connectivity index (χ3n) is 6.90. The molecule has 0 fully saturated rings. The molecule has 7 nitrogen and oxygen atoms in total. The fraction of sp³-hybridized carbons (Fsp3) is 0.323. The standard InChI is InChI=1S/C31H34N2O5/c1-2-3-17-28(30(36)33(19-18-29(34)35)20-22-11-5-4-6-12-22)32-31(37)38-21-27-25-15-9-7-13-23(25)24-14-8-10-16-26(24)27/h4-16,27-28H,2-3,17-21H2,1H3,(H,32,37)(H,34,35). The molecule has 1 aliphatic carbocycles. The minimum atomic E-state index is -0.981. The molecule has 0 saturated carbocycles. The van der Waals surface area contributed by atoms with Gasteiger partial charge >= 0.3 is 12.1 Å². The van der Waals surface area contributed by atoms with Gasteiger partial charge in [0.1, 0.15) is 12.6 Å². The summed E-state index contributed by atoms with van der Waals surface area (Å²) < 4.78 is 5.68. The van der Waals surface area contributed by atoms with Crippen LogP contribution in [0, 0.1) is 0 Å². The normalized spacial score (nSPS) is 12.8. The van der Waals surface area contributed by atoms with Crippen molar-refractivity contribution in [3.05, 3.63) is 95.6 Å². The van der Waals surface area contributed by atoms with Crippen LogP contribution in [-0.4, -0.2) is 47.2 Å². The third-order valence-corrected chi connectivity index (χ3v) is 6.90. The molecular weight excluding hydrogens is 480 g/mol. The number of nitrogens with zero attached hydrogens (tertiary/aromatic N) is 1. The SMILES string of the molecule is CCCCC(NC(=O)OCC1c2ccccc2-c2ccccc21)C(=O)N(CCC(=O)O)Cc1ccccc1. The number of nitrogens with one attached hydrogen (secondary N) is 1. The van der Waals surface area contributed by atoms with E-state index < -0.39 is 18.1 Å². The van der Waals surface area contributed by atoms with Crippen LogP contribution >= 0.6 is 0 Å². The van der Waals surface area contributed by atoms with Crippen LogP contribution in [0.5, 0.6) is 0 Å². The molecule has 1 unspecified atom stereocenters. The van der Waals surface area contributed by atoms with Crippen LogP contribution in [0.3, 0.4) is 0 Å². The van der Waals surface area contributed by atoms with E-state index in [1.54, 1.807) is 0 Å². The van der Waals surface area contributed by atoms with Gasteiger partial charge in [-0.15, -0.1) is 0 Å². The van der Waals surface area contributed by atoms with Crippen molar-refractivity contribution < 1.29 is 24.2 Å². The number of hydrogen-bond donors (Lipinski definition) is 2. The first kappa shape index (κ1) is 26.9. The molecule has 0 bridgehead atoms. The summed E-state index contributed by atoms with van der Waals surface area (Å²) in [6.07, 6.45) is 1.20. The number of amides is 2. The molecule has 0 radical (unpaired) electrons. The van der Waals surface area contributed by atoms with Crippen molar-refractivity contribution in [1.29, 1.82) is 0 Å². The lowest BCUT2D eigenvalue weighted by atomic mass is 9.98. The Kier molecular flexibility index (Phi) is 9.14. The Morgan fingerprint density at radius 3 is 2.13 bits per heavy atom. The molecule has 0 spiro atoms. The Morgan fingerprint density at radius 2 is 1.53 bits per heavy atom. The van der Waals surface area contributed by atoms with Crippen LogP contribution in [0.2, 0.25) is 0 Å². The summed E-state index contributed by atoms with van der Waals surface area (Å²) in [6, 6.07) is 24.8. The van der Waals surface area contributed by atoms with E-state index in [0.717, 1.165) is 40.7 Å². The van der Waals surface area contributed by atoms with Crippen LogP contribution in [0.15, 0.2) is 78.9 Å². The lowest BCUT2D eigenvalue weighted by Gasteiger charge is -2.28. The van der Waals surface area contributed by atoms with Gasteiger partial charge in [-0.3, -0.25) is 9.59 Å². The first-order chi connectivity index (χ1) is 18.5. The number of unbranched alkanes of at least 4 members (excludes halogenated alkanes) is 1. The first-order valence-electron chi connectivity index (χ1n) is 13.1. The predicted molar refractivity (Wildman–Crippen MR) is 146 cm³/mol. The molecule has 3 aromatic carbocycles. The largest absolute Gasteiger partial charge is 0.481 e. The van der Waals surface area contributed by atoms with Crippen molar-refractivity contribution in [2.75, 3.05) is 13.2 Å². The van der Waals surface area contributed by atoms with Crippen LogP contribution in [-0.2, 0) is 20.9 Å². The maximum Gasteiger partial charge on any atom is 0.407 e. The van der Waals surface area contributed by atoms with Crippen LogP contribution in [0.4, 0.5) is 4.79 Å². The smallest absolute Gasteiger partial charge is 0.407 e. The van der Waals surface area contributed by atoms with Gasteiger partial charge in [0, 0.05) is 19.0 Å². The fourth-order valence-electron chi connectivity index (χ4n) is 4.97. The highest BCUT2D eigenvalue weighted by Crippen LogP contribution is 2.44. The zero-order valence-corrected chi connectivity index (χ0v) is 21.6. The maximum absolute atomic E-state index is 13.6. The molecule has 1 atom stereocenters. The van der Waals surface area contributed by atoms with Crippen molar-refractivity contribution in [2.24, 2.45) is 0 Å². The van der Waals surface area contributed by atoms with Crippen molar-refractivity contribution in [1.82, 2.24) is 10.2 Å². The van der Waals surface area contributed by atoms with Gasteiger partial charge in [0.2, 0.25) is 5.91 Å². The molecule has 38 heavy (non-hydrogen) atoms. The number of carboxylic acid groups (broad SMARTS) is 1. The second-order valence-corrected chi connectivity index (χ2v) is 9.55. The molecule has 4 rings (SSSR count). The molecule has 0 saturated heterocycles. The quantitative estimate of drug-likeness (QED) is 0.329. The Balaban J connectivity index is 1.45. The van der Waals surface area contributed by atoms with Crippen LogP contribution < -0.4 is 5.32 Å².